The highest BCUT2D eigenvalue weighted by molar-refractivity contribution is 5.53. The zero-order chi connectivity index (χ0) is 15.9. The average molecular weight is 311 g/mol. The molecule has 2 aromatic rings. The van der Waals surface area contributed by atoms with Gasteiger partial charge in [-0.05, 0) is 30.3 Å². The number of ether oxygens (including phenoxy) is 1. The summed E-state index contributed by atoms with van der Waals surface area (Å²) in [4.78, 5) is 9.32. The summed E-state index contributed by atoms with van der Waals surface area (Å²) in [6.07, 6.45) is 1.87. The molecule has 1 fully saturated rings. The fourth-order valence-corrected chi connectivity index (χ4v) is 3.00. The molecule has 0 saturated carbocycles. The molecule has 0 unspecified atom stereocenters. The molecule has 1 saturated heterocycles. The van der Waals surface area contributed by atoms with Crippen molar-refractivity contribution < 1.29 is 4.74 Å². The molecule has 1 aromatic heterocycles. The minimum absolute atomic E-state index is 0.819. The van der Waals surface area contributed by atoms with E-state index < -0.39 is 0 Å². The Morgan fingerprint density at radius 1 is 1.04 bits per heavy atom. The van der Waals surface area contributed by atoms with Gasteiger partial charge in [-0.15, -0.1) is 0 Å². The van der Waals surface area contributed by atoms with Crippen LogP contribution in [0.1, 0.15) is 18.2 Å². The third kappa shape index (κ3) is 4.30. The van der Waals surface area contributed by atoms with Crippen LogP contribution in [0.25, 0.3) is 0 Å². The number of hydrogen-bond acceptors (Lipinski definition) is 4. The Hall–Kier alpha value is -1.91. The van der Waals surface area contributed by atoms with Crippen LogP contribution >= 0.6 is 0 Å². The van der Waals surface area contributed by atoms with E-state index in [9.17, 15) is 0 Å². The van der Waals surface area contributed by atoms with E-state index in [2.05, 4.69) is 58.1 Å². The highest BCUT2D eigenvalue weighted by Gasteiger charge is 2.16. The van der Waals surface area contributed by atoms with Crippen LogP contribution in [-0.4, -0.2) is 42.7 Å². The normalized spacial score (nSPS) is 15.1. The van der Waals surface area contributed by atoms with Crippen LogP contribution in [0.5, 0.6) is 0 Å². The number of hydrogen-bond donors (Lipinski definition) is 0. The molecule has 4 nitrogen and oxygen atoms in total. The molecule has 0 aliphatic carbocycles. The number of pyridine rings is 1. The largest absolute Gasteiger partial charge is 0.378 e. The quantitative estimate of drug-likeness (QED) is 0.820. The van der Waals surface area contributed by atoms with Gasteiger partial charge in [-0.25, -0.2) is 0 Å². The molecule has 3 rings (SSSR count). The molecule has 1 aliphatic rings. The van der Waals surface area contributed by atoms with Crippen molar-refractivity contribution in [2.45, 2.75) is 20.0 Å². The molecule has 0 atom stereocenters. The second kappa shape index (κ2) is 8.09. The van der Waals surface area contributed by atoms with Gasteiger partial charge in [0.25, 0.3) is 0 Å². The fourth-order valence-electron chi connectivity index (χ4n) is 3.00. The number of morpholine rings is 1. The number of rotatable bonds is 6. The highest BCUT2D eigenvalue weighted by Crippen LogP contribution is 2.23. The van der Waals surface area contributed by atoms with Gasteiger partial charge in [0.05, 0.1) is 18.9 Å². The Morgan fingerprint density at radius 2 is 1.83 bits per heavy atom. The summed E-state index contributed by atoms with van der Waals surface area (Å²) in [5.74, 6) is 0. The zero-order valence-electron chi connectivity index (χ0n) is 13.8. The summed E-state index contributed by atoms with van der Waals surface area (Å²) in [6, 6.07) is 14.8. The third-order valence-electron chi connectivity index (χ3n) is 4.30. The SMILES string of the molecule is CCN(Cc1ccccn1)Cc1ccccc1N1CCOCC1. The predicted molar refractivity (Wildman–Crippen MR) is 93.5 cm³/mol. The summed E-state index contributed by atoms with van der Waals surface area (Å²) in [5, 5.41) is 0. The Bertz CT molecular complexity index is 597. The van der Waals surface area contributed by atoms with E-state index in [1.807, 2.05) is 12.3 Å². The lowest BCUT2D eigenvalue weighted by atomic mass is 10.1. The molecule has 1 aliphatic heterocycles. The Balaban J connectivity index is 1.73. The van der Waals surface area contributed by atoms with E-state index >= 15 is 0 Å². The van der Waals surface area contributed by atoms with Crippen molar-refractivity contribution in [1.29, 1.82) is 0 Å². The van der Waals surface area contributed by atoms with E-state index in [-0.39, 0.29) is 0 Å². The number of para-hydroxylation sites is 1. The molecule has 0 spiro atoms. The number of nitrogens with zero attached hydrogens (tertiary/aromatic N) is 3. The van der Waals surface area contributed by atoms with Crippen molar-refractivity contribution in [2.75, 3.05) is 37.7 Å². The Labute approximate surface area is 138 Å². The summed E-state index contributed by atoms with van der Waals surface area (Å²) < 4.78 is 5.48. The van der Waals surface area contributed by atoms with Gasteiger partial charge >= 0.3 is 0 Å². The first-order chi connectivity index (χ1) is 11.4. The second-order valence-electron chi connectivity index (χ2n) is 5.85. The number of anilines is 1. The number of benzene rings is 1. The molecule has 0 N–H and O–H groups in total. The van der Waals surface area contributed by atoms with Gasteiger partial charge in [-0.2, -0.15) is 0 Å². The number of aromatic nitrogens is 1. The van der Waals surface area contributed by atoms with Crippen LogP contribution < -0.4 is 4.90 Å². The monoisotopic (exact) mass is 311 g/mol. The van der Waals surface area contributed by atoms with E-state index in [0.717, 1.165) is 51.6 Å². The van der Waals surface area contributed by atoms with Gasteiger partial charge in [0.2, 0.25) is 0 Å². The van der Waals surface area contributed by atoms with E-state index in [4.69, 9.17) is 4.74 Å². The van der Waals surface area contributed by atoms with Crippen LogP contribution in [-0.2, 0) is 17.8 Å². The van der Waals surface area contributed by atoms with Gasteiger partial charge in [0.15, 0.2) is 0 Å². The van der Waals surface area contributed by atoms with Crippen molar-refractivity contribution in [3.63, 3.8) is 0 Å². The molecule has 1 aromatic carbocycles. The minimum Gasteiger partial charge on any atom is -0.378 e. The van der Waals surface area contributed by atoms with E-state index in [1.165, 1.54) is 11.3 Å². The van der Waals surface area contributed by atoms with Crippen LogP contribution in [0.4, 0.5) is 5.69 Å². The predicted octanol–water partition coefficient (Wildman–Crippen LogP) is 2.94. The maximum Gasteiger partial charge on any atom is 0.0642 e. The molecule has 0 bridgehead atoms. The summed E-state index contributed by atoms with van der Waals surface area (Å²) in [5.41, 5.74) is 3.85. The smallest absolute Gasteiger partial charge is 0.0642 e. The van der Waals surface area contributed by atoms with E-state index in [1.54, 1.807) is 0 Å². The Kier molecular flexibility index (Phi) is 5.61. The van der Waals surface area contributed by atoms with Crippen LogP contribution in [0.3, 0.4) is 0 Å². The first-order valence-electron chi connectivity index (χ1n) is 8.39. The highest BCUT2D eigenvalue weighted by atomic mass is 16.5. The van der Waals surface area contributed by atoms with Gasteiger partial charge in [0.1, 0.15) is 0 Å². The molecular formula is C19H25N3O. The molecule has 2 heterocycles. The fraction of sp³-hybridized carbons (Fsp3) is 0.421. The van der Waals surface area contributed by atoms with Crippen LogP contribution in [0.15, 0.2) is 48.7 Å². The van der Waals surface area contributed by atoms with Crippen LogP contribution in [0, 0.1) is 0 Å². The maximum atomic E-state index is 5.48. The lowest BCUT2D eigenvalue weighted by Crippen LogP contribution is -2.37. The topological polar surface area (TPSA) is 28.6 Å². The van der Waals surface area contributed by atoms with Crippen LogP contribution in [0.2, 0.25) is 0 Å². The van der Waals surface area contributed by atoms with Crippen molar-refractivity contribution >= 4 is 5.69 Å². The maximum absolute atomic E-state index is 5.48. The van der Waals surface area contributed by atoms with E-state index in [0.29, 0.717) is 0 Å². The molecule has 0 radical (unpaired) electrons. The van der Waals surface area contributed by atoms with Crippen molar-refractivity contribution in [3.8, 4) is 0 Å². The summed E-state index contributed by atoms with van der Waals surface area (Å²) >= 11 is 0. The minimum atomic E-state index is 0.819. The average Bonchev–Trinajstić information content (AvgIpc) is 2.63. The second-order valence-corrected chi connectivity index (χ2v) is 5.85. The first-order valence-corrected chi connectivity index (χ1v) is 8.39. The lowest BCUT2D eigenvalue weighted by molar-refractivity contribution is 0.122. The molecule has 122 valence electrons. The summed E-state index contributed by atoms with van der Waals surface area (Å²) in [7, 11) is 0. The van der Waals surface area contributed by atoms with Gasteiger partial charge in [-0.1, -0.05) is 31.2 Å². The van der Waals surface area contributed by atoms with Gasteiger partial charge in [0, 0.05) is 38.1 Å². The molecular weight excluding hydrogens is 286 g/mol. The first kappa shape index (κ1) is 16.0. The van der Waals surface area contributed by atoms with Crippen molar-refractivity contribution in [1.82, 2.24) is 9.88 Å². The third-order valence-corrected chi connectivity index (χ3v) is 4.30. The Morgan fingerprint density at radius 3 is 2.57 bits per heavy atom. The van der Waals surface area contributed by atoms with Crippen molar-refractivity contribution in [3.05, 3.63) is 59.9 Å². The molecule has 4 heteroatoms. The molecule has 0 amide bonds. The molecule has 23 heavy (non-hydrogen) atoms. The standard InChI is InChI=1S/C19H25N3O/c1-2-21(16-18-8-5-6-10-20-18)15-17-7-3-4-9-19(17)22-11-13-23-14-12-22/h3-10H,2,11-16H2,1H3. The summed E-state index contributed by atoms with van der Waals surface area (Å²) in [6.45, 7) is 8.63. The van der Waals surface area contributed by atoms with Crippen molar-refractivity contribution in [2.24, 2.45) is 0 Å². The van der Waals surface area contributed by atoms with Gasteiger partial charge < -0.3 is 9.64 Å². The zero-order valence-corrected chi connectivity index (χ0v) is 13.8. The van der Waals surface area contributed by atoms with Gasteiger partial charge in [-0.3, -0.25) is 9.88 Å². The lowest BCUT2D eigenvalue weighted by Gasteiger charge is -2.32.